The molecule has 8 nitrogen and oxygen atoms in total. The summed E-state index contributed by atoms with van der Waals surface area (Å²) >= 11 is 0. The van der Waals surface area contributed by atoms with E-state index in [0.717, 1.165) is 6.07 Å². The molecule has 0 radical (unpaired) electrons. The molecule has 0 saturated heterocycles. The number of aliphatic carboxylic acids is 1. The Labute approximate surface area is 115 Å². The first-order valence-electron chi connectivity index (χ1n) is 6.12. The third-order valence-corrected chi connectivity index (χ3v) is 3.20. The van der Waals surface area contributed by atoms with E-state index in [1.807, 2.05) is 6.92 Å². The summed E-state index contributed by atoms with van der Waals surface area (Å²) in [5.74, 6) is -2.02. The molecule has 1 aromatic rings. The first-order valence-corrected chi connectivity index (χ1v) is 6.12. The fraction of sp³-hybridized carbons (Fsp3) is 0.500. The number of aromatic nitrogens is 1. The molecule has 1 aromatic heterocycles. The topological polar surface area (TPSA) is 114 Å². The van der Waals surface area contributed by atoms with Crippen LogP contribution in [0.1, 0.15) is 30.8 Å². The maximum atomic E-state index is 12.0. The predicted molar refractivity (Wildman–Crippen MR) is 70.4 cm³/mol. The molecule has 110 valence electrons. The van der Waals surface area contributed by atoms with Crippen molar-refractivity contribution in [3.05, 3.63) is 28.1 Å². The van der Waals surface area contributed by atoms with E-state index >= 15 is 0 Å². The lowest BCUT2D eigenvalue weighted by molar-refractivity contribution is -0.384. The zero-order valence-electron chi connectivity index (χ0n) is 11.5. The number of hydrogen-bond acceptors (Lipinski definition) is 4. The Morgan fingerprint density at radius 1 is 1.55 bits per heavy atom. The van der Waals surface area contributed by atoms with E-state index in [2.05, 4.69) is 5.32 Å². The Bertz CT molecular complexity index is 537. The van der Waals surface area contributed by atoms with Gasteiger partial charge in [0.05, 0.1) is 11.1 Å². The van der Waals surface area contributed by atoms with Crippen LogP contribution in [0.4, 0.5) is 5.69 Å². The molecule has 2 atom stereocenters. The van der Waals surface area contributed by atoms with Crippen molar-refractivity contribution in [2.45, 2.75) is 26.3 Å². The maximum absolute atomic E-state index is 12.0. The summed E-state index contributed by atoms with van der Waals surface area (Å²) in [6, 6.07) is 0.0895. The number of carboxylic acid groups (broad SMARTS) is 1. The Kier molecular flexibility index (Phi) is 4.84. The van der Waals surface area contributed by atoms with Crippen molar-refractivity contribution in [3.8, 4) is 0 Å². The van der Waals surface area contributed by atoms with Crippen molar-refractivity contribution >= 4 is 17.6 Å². The zero-order chi connectivity index (χ0) is 15.4. The van der Waals surface area contributed by atoms with Crippen molar-refractivity contribution in [1.82, 2.24) is 9.88 Å². The standard InChI is InChI=1S/C12H17N3O5/c1-4-7(2)10(12(17)18)13-11(16)9-5-8(15(19)20)6-14(9)3/h5-7,10H,4H2,1-3H3,(H,13,16)(H,17,18)/t7?,10-/m0/s1. The molecule has 1 unspecified atom stereocenters. The second-order valence-electron chi connectivity index (χ2n) is 4.63. The summed E-state index contributed by atoms with van der Waals surface area (Å²) in [5.41, 5.74) is -0.167. The average Bonchev–Trinajstić information content (AvgIpc) is 2.76. The summed E-state index contributed by atoms with van der Waals surface area (Å²) < 4.78 is 1.29. The molecule has 1 amide bonds. The van der Waals surface area contributed by atoms with Gasteiger partial charge in [-0.05, 0) is 5.92 Å². The van der Waals surface area contributed by atoms with Crippen molar-refractivity contribution in [3.63, 3.8) is 0 Å². The molecular weight excluding hydrogens is 266 g/mol. The molecule has 0 saturated carbocycles. The fourth-order valence-electron chi connectivity index (χ4n) is 1.77. The quantitative estimate of drug-likeness (QED) is 0.600. The molecule has 0 fully saturated rings. The van der Waals surface area contributed by atoms with Crippen molar-refractivity contribution in [2.24, 2.45) is 13.0 Å². The van der Waals surface area contributed by atoms with Crippen LogP contribution in [0.3, 0.4) is 0 Å². The van der Waals surface area contributed by atoms with Gasteiger partial charge >= 0.3 is 5.97 Å². The fourth-order valence-corrected chi connectivity index (χ4v) is 1.77. The van der Waals surface area contributed by atoms with E-state index in [-0.39, 0.29) is 17.3 Å². The summed E-state index contributed by atoms with van der Waals surface area (Å²) in [6.45, 7) is 3.53. The molecule has 0 spiro atoms. The molecule has 2 N–H and O–H groups in total. The van der Waals surface area contributed by atoms with Crippen LogP contribution in [0.2, 0.25) is 0 Å². The number of nitrogens with one attached hydrogen (secondary N) is 1. The van der Waals surface area contributed by atoms with Crippen LogP contribution >= 0.6 is 0 Å². The molecule has 1 heterocycles. The van der Waals surface area contributed by atoms with Gasteiger partial charge in [0, 0.05) is 13.1 Å². The van der Waals surface area contributed by atoms with E-state index in [9.17, 15) is 19.7 Å². The lowest BCUT2D eigenvalue weighted by Crippen LogP contribution is -2.45. The summed E-state index contributed by atoms with van der Waals surface area (Å²) in [5, 5.41) is 22.1. The van der Waals surface area contributed by atoms with Crippen molar-refractivity contribution in [1.29, 1.82) is 0 Å². The van der Waals surface area contributed by atoms with E-state index in [4.69, 9.17) is 5.11 Å². The highest BCUT2D eigenvalue weighted by Crippen LogP contribution is 2.16. The van der Waals surface area contributed by atoms with Gasteiger partial charge in [0.15, 0.2) is 0 Å². The van der Waals surface area contributed by atoms with Gasteiger partial charge in [0.25, 0.3) is 11.6 Å². The first kappa shape index (κ1) is 15.7. The molecule has 1 rings (SSSR count). The number of nitro groups is 1. The minimum absolute atomic E-state index is 0.0475. The van der Waals surface area contributed by atoms with Gasteiger partial charge < -0.3 is 15.0 Å². The number of rotatable bonds is 6. The highest BCUT2D eigenvalue weighted by Gasteiger charge is 2.27. The van der Waals surface area contributed by atoms with Gasteiger partial charge in [-0.2, -0.15) is 0 Å². The number of hydrogen-bond donors (Lipinski definition) is 2. The summed E-state index contributed by atoms with van der Waals surface area (Å²) in [4.78, 5) is 33.2. The number of amides is 1. The summed E-state index contributed by atoms with van der Waals surface area (Å²) in [6.07, 6.45) is 1.79. The van der Waals surface area contributed by atoms with Crippen LogP contribution in [0.15, 0.2) is 12.3 Å². The average molecular weight is 283 g/mol. The van der Waals surface area contributed by atoms with Crippen LogP contribution in [0.25, 0.3) is 0 Å². The first-order chi connectivity index (χ1) is 9.27. The zero-order valence-corrected chi connectivity index (χ0v) is 11.5. The molecule has 0 aliphatic carbocycles. The highest BCUT2D eigenvalue weighted by molar-refractivity contribution is 5.96. The van der Waals surface area contributed by atoms with Crippen molar-refractivity contribution in [2.75, 3.05) is 0 Å². The number of nitrogens with zero attached hydrogens (tertiary/aromatic N) is 2. The van der Waals surface area contributed by atoms with Gasteiger partial charge in [-0.25, -0.2) is 4.79 Å². The molecule has 0 aliphatic heterocycles. The normalized spacial score (nSPS) is 13.6. The third-order valence-electron chi connectivity index (χ3n) is 3.20. The molecule has 8 heteroatoms. The van der Waals surface area contributed by atoms with Gasteiger partial charge in [-0.3, -0.25) is 14.9 Å². The Morgan fingerprint density at radius 2 is 2.15 bits per heavy atom. The van der Waals surface area contributed by atoms with Crippen LogP contribution in [-0.4, -0.2) is 32.5 Å². The van der Waals surface area contributed by atoms with Gasteiger partial charge in [0.2, 0.25) is 0 Å². The molecule has 0 aromatic carbocycles. The Balaban J connectivity index is 2.95. The summed E-state index contributed by atoms with van der Waals surface area (Å²) in [7, 11) is 1.49. The Morgan fingerprint density at radius 3 is 2.55 bits per heavy atom. The smallest absolute Gasteiger partial charge is 0.326 e. The number of carbonyl (C=O) groups is 2. The van der Waals surface area contributed by atoms with Crippen LogP contribution in [0.5, 0.6) is 0 Å². The van der Waals surface area contributed by atoms with E-state index < -0.39 is 22.8 Å². The lowest BCUT2D eigenvalue weighted by atomic mass is 9.99. The predicted octanol–water partition coefficient (Wildman–Crippen LogP) is 1.16. The Hall–Kier alpha value is -2.38. The molecule has 0 aliphatic rings. The minimum atomic E-state index is -1.13. The van der Waals surface area contributed by atoms with E-state index in [0.29, 0.717) is 6.42 Å². The van der Waals surface area contributed by atoms with Gasteiger partial charge in [-0.15, -0.1) is 0 Å². The van der Waals surface area contributed by atoms with Crippen LogP contribution in [0, 0.1) is 16.0 Å². The molecule has 20 heavy (non-hydrogen) atoms. The minimum Gasteiger partial charge on any atom is -0.480 e. The second kappa shape index (κ2) is 6.18. The number of carbonyl (C=O) groups excluding carboxylic acids is 1. The molecule has 0 bridgehead atoms. The van der Waals surface area contributed by atoms with Crippen molar-refractivity contribution < 1.29 is 19.6 Å². The second-order valence-corrected chi connectivity index (χ2v) is 4.63. The van der Waals surface area contributed by atoms with Crippen LogP contribution in [-0.2, 0) is 11.8 Å². The number of carboxylic acids is 1. The highest BCUT2D eigenvalue weighted by atomic mass is 16.6. The van der Waals surface area contributed by atoms with E-state index in [1.165, 1.54) is 17.8 Å². The molecular formula is C12H17N3O5. The number of aryl methyl sites for hydroxylation is 1. The van der Waals surface area contributed by atoms with Crippen LogP contribution < -0.4 is 5.32 Å². The monoisotopic (exact) mass is 283 g/mol. The third kappa shape index (κ3) is 3.34. The maximum Gasteiger partial charge on any atom is 0.326 e. The SMILES string of the molecule is CCC(C)[C@H](NC(=O)c1cc([N+](=O)[O-])cn1C)C(=O)O. The lowest BCUT2D eigenvalue weighted by Gasteiger charge is -2.20. The van der Waals surface area contributed by atoms with Gasteiger partial charge in [0.1, 0.15) is 11.7 Å². The van der Waals surface area contributed by atoms with Gasteiger partial charge in [-0.1, -0.05) is 20.3 Å². The largest absolute Gasteiger partial charge is 0.480 e. The van der Waals surface area contributed by atoms with E-state index in [1.54, 1.807) is 6.92 Å².